The van der Waals surface area contributed by atoms with E-state index >= 15 is 0 Å². The molecule has 0 bridgehead atoms. The van der Waals surface area contributed by atoms with E-state index in [1.807, 2.05) is 0 Å². The van der Waals surface area contributed by atoms with E-state index in [0.717, 1.165) is 0 Å². The molecular formula is C24H34O8. The molecule has 0 spiro atoms. The summed E-state index contributed by atoms with van der Waals surface area (Å²) in [5.74, 6) is -0.827. The molecule has 0 saturated carbocycles. The van der Waals surface area contributed by atoms with Crippen molar-refractivity contribution in [2.45, 2.75) is 53.4 Å². The summed E-state index contributed by atoms with van der Waals surface area (Å²) in [5.41, 5.74) is -3.53. The fourth-order valence-electron chi connectivity index (χ4n) is 3.04. The van der Waals surface area contributed by atoms with Crippen molar-refractivity contribution in [2.24, 2.45) is 10.8 Å². The van der Waals surface area contributed by atoms with Crippen molar-refractivity contribution in [3.63, 3.8) is 0 Å². The SMILES string of the molecule is C#CCCC(/C=C/CC(CC=C)(C(=O)OCC)C(=O)OCC)(C(=O)OCC)C(=O)OCC. The van der Waals surface area contributed by atoms with E-state index in [1.54, 1.807) is 27.7 Å². The Hall–Kier alpha value is -3.08. The van der Waals surface area contributed by atoms with Gasteiger partial charge < -0.3 is 18.9 Å². The second-order valence-corrected chi connectivity index (χ2v) is 6.74. The summed E-state index contributed by atoms with van der Waals surface area (Å²) in [6, 6.07) is 0. The van der Waals surface area contributed by atoms with Crippen LogP contribution in [0.3, 0.4) is 0 Å². The van der Waals surface area contributed by atoms with Crippen LogP contribution in [-0.2, 0) is 38.1 Å². The molecule has 0 aromatic carbocycles. The maximum absolute atomic E-state index is 12.8. The molecule has 0 aromatic heterocycles. The minimum absolute atomic E-state index is 0.0376. The monoisotopic (exact) mass is 450 g/mol. The van der Waals surface area contributed by atoms with E-state index in [0.29, 0.717) is 0 Å². The molecule has 0 unspecified atom stereocenters. The molecule has 0 saturated heterocycles. The first-order chi connectivity index (χ1) is 15.3. The summed E-state index contributed by atoms with van der Waals surface area (Å²) in [6.45, 7) is 10.2. The predicted molar refractivity (Wildman–Crippen MR) is 118 cm³/mol. The second-order valence-electron chi connectivity index (χ2n) is 6.74. The molecule has 0 amide bonds. The Morgan fingerprint density at radius 1 is 0.812 bits per heavy atom. The lowest BCUT2D eigenvalue weighted by Gasteiger charge is -2.28. The van der Waals surface area contributed by atoms with Gasteiger partial charge in [-0.15, -0.1) is 18.9 Å². The molecule has 0 aliphatic heterocycles. The minimum Gasteiger partial charge on any atom is -0.465 e. The lowest BCUT2D eigenvalue weighted by Crippen LogP contribution is -2.42. The molecular weight excluding hydrogens is 416 g/mol. The van der Waals surface area contributed by atoms with Gasteiger partial charge in [-0.25, -0.2) is 0 Å². The van der Waals surface area contributed by atoms with Crippen LogP contribution in [0.1, 0.15) is 53.4 Å². The van der Waals surface area contributed by atoms with Gasteiger partial charge in [-0.2, -0.15) is 0 Å². The zero-order valence-electron chi connectivity index (χ0n) is 19.4. The number of carbonyl (C=O) groups excluding carboxylic acids is 4. The van der Waals surface area contributed by atoms with E-state index in [9.17, 15) is 19.2 Å². The van der Waals surface area contributed by atoms with Gasteiger partial charge in [0.2, 0.25) is 0 Å². The molecule has 0 aromatic rings. The summed E-state index contributed by atoms with van der Waals surface area (Å²) in [4.78, 5) is 51.1. The summed E-state index contributed by atoms with van der Waals surface area (Å²) in [5, 5.41) is 0. The maximum atomic E-state index is 12.8. The topological polar surface area (TPSA) is 105 Å². The average molecular weight is 451 g/mol. The predicted octanol–water partition coefficient (Wildman–Crippen LogP) is 3.15. The highest BCUT2D eigenvalue weighted by Crippen LogP contribution is 2.35. The van der Waals surface area contributed by atoms with Crippen LogP contribution < -0.4 is 0 Å². The summed E-state index contributed by atoms with van der Waals surface area (Å²) in [6.07, 6.45) is 9.20. The fourth-order valence-corrected chi connectivity index (χ4v) is 3.04. The van der Waals surface area contributed by atoms with Gasteiger partial charge in [0.05, 0.1) is 26.4 Å². The van der Waals surface area contributed by atoms with Gasteiger partial charge >= 0.3 is 23.9 Å². The largest absolute Gasteiger partial charge is 0.465 e. The molecule has 0 aliphatic rings. The van der Waals surface area contributed by atoms with E-state index in [2.05, 4.69) is 12.5 Å². The van der Waals surface area contributed by atoms with E-state index in [-0.39, 0.29) is 52.1 Å². The molecule has 8 heteroatoms. The Labute approximate surface area is 190 Å². The van der Waals surface area contributed by atoms with Crippen molar-refractivity contribution in [1.82, 2.24) is 0 Å². The van der Waals surface area contributed by atoms with Crippen LogP contribution in [-0.4, -0.2) is 50.3 Å². The van der Waals surface area contributed by atoms with Crippen molar-refractivity contribution < 1.29 is 38.1 Å². The van der Waals surface area contributed by atoms with Crippen molar-refractivity contribution in [1.29, 1.82) is 0 Å². The number of rotatable bonds is 15. The fraction of sp³-hybridized carbons (Fsp3) is 0.583. The minimum atomic E-state index is -1.82. The second kappa shape index (κ2) is 14.8. The van der Waals surface area contributed by atoms with E-state index in [1.165, 1.54) is 18.2 Å². The molecule has 32 heavy (non-hydrogen) atoms. The number of hydrogen-bond donors (Lipinski definition) is 0. The molecule has 0 N–H and O–H groups in total. The number of hydrogen-bond acceptors (Lipinski definition) is 8. The first kappa shape index (κ1) is 28.9. The number of ether oxygens (including phenoxy) is 4. The molecule has 0 aliphatic carbocycles. The van der Waals surface area contributed by atoms with Crippen LogP contribution in [0, 0.1) is 23.2 Å². The van der Waals surface area contributed by atoms with Crippen LogP contribution >= 0.6 is 0 Å². The third kappa shape index (κ3) is 7.26. The first-order valence-electron chi connectivity index (χ1n) is 10.7. The highest BCUT2D eigenvalue weighted by Gasteiger charge is 2.49. The number of carbonyl (C=O) groups is 4. The molecule has 0 radical (unpaired) electrons. The summed E-state index contributed by atoms with van der Waals surface area (Å²) in [7, 11) is 0. The molecule has 178 valence electrons. The van der Waals surface area contributed by atoms with Crippen LogP contribution in [0.5, 0.6) is 0 Å². The maximum Gasteiger partial charge on any atom is 0.327 e. The van der Waals surface area contributed by atoms with Crippen molar-refractivity contribution in [3.05, 3.63) is 24.8 Å². The van der Waals surface area contributed by atoms with Crippen molar-refractivity contribution in [2.75, 3.05) is 26.4 Å². The van der Waals surface area contributed by atoms with Gasteiger partial charge in [0.1, 0.15) is 0 Å². The normalized spacial score (nSPS) is 11.3. The zero-order valence-corrected chi connectivity index (χ0v) is 19.4. The smallest absolute Gasteiger partial charge is 0.327 e. The van der Waals surface area contributed by atoms with Crippen LogP contribution in [0.25, 0.3) is 0 Å². The van der Waals surface area contributed by atoms with Gasteiger partial charge in [0.25, 0.3) is 0 Å². The standard InChI is InChI=1S/C24H34O8/c1-7-13-16-24(21(27)31-11-5,22(28)32-12-6)18-14-17-23(15-8-2,19(25)29-9-3)20(26)30-10-4/h1,8,14,18H,2,9-13,15-17H2,3-6H3/b18-14+. The van der Waals surface area contributed by atoms with Crippen molar-refractivity contribution >= 4 is 23.9 Å². The number of allylic oxidation sites excluding steroid dienone is 2. The Morgan fingerprint density at radius 3 is 1.62 bits per heavy atom. The van der Waals surface area contributed by atoms with Crippen LogP contribution in [0.2, 0.25) is 0 Å². The molecule has 0 heterocycles. The molecule has 0 fully saturated rings. The van der Waals surface area contributed by atoms with Gasteiger partial charge in [-0.3, -0.25) is 19.2 Å². The van der Waals surface area contributed by atoms with E-state index < -0.39 is 34.7 Å². The van der Waals surface area contributed by atoms with E-state index in [4.69, 9.17) is 25.4 Å². The van der Waals surface area contributed by atoms with Gasteiger partial charge in [0.15, 0.2) is 10.8 Å². The Balaban J connectivity index is 6.41. The lowest BCUT2D eigenvalue weighted by molar-refractivity contribution is -0.172. The quantitative estimate of drug-likeness (QED) is 0.123. The van der Waals surface area contributed by atoms with Gasteiger partial charge in [0, 0.05) is 6.42 Å². The number of esters is 4. The highest BCUT2D eigenvalue weighted by atomic mass is 16.6. The third-order valence-corrected chi connectivity index (χ3v) is 4.64. The van der Waals surface area contributed by atoms with Gasteiger partial charge in [-0.1, -0.05) is 18.2 Å². The van der Waals surface area contributed by atoms with Crippen LogP contribution in [0.4, 0.5) is 0 Å². The Bertz CT molecular complexity index is 693. The Morgan fingerprint density at radius 2 is 1.25 bits per heavy atom. The first-order valence-corrected chi connectivity index (χ1v) is 10.7. The Kier molecular flexibility index (Phi) is 13.4. The zero-order chi connectivity index (χ0) is 24.6. The molecule has 0 atom stereocenters. The number of terminal acetylenes is 1. The third-order valence-electron chi connectivity index (χ3n) is 4.64. The van der Waals surface area contributed by atoms with Gasteiger partial charge in [-0.05, 0) is 47.0 Å². The average Bonchev–Trinajstić information content (AvgIpc) is 2.75. The van der Waals surface area contributed by atoms with Crippen LogP contribution in [0.15, 0.2) is 24.8 Å². The summed E-state index contributed by atoms with van der Waals surface area (Å²) < 4.78 is 20.5. The van der Waals surface area contributed by atoms with Crippen molar-refractivity contribution in [3.8, 4) is 12.3 Å². The molecule has 8 nitrogen and oxygen atoms in total. The highest BCUT2D eigenvalue weighted by molar-refractivity contribution is 6.03. The lowest BCUT2D eigenvalue weighted by atomic mass is 9.78. The summed E-state index contributed by atoms with van der Waals surface area (Å²) >= 11 is 0. The molecule has 0 rings (SSSR count).